The van der Waals surface area contributed by atoms with Crippen LogP contribution in [0.2, 0.25) is 0 Å². The quantitative estimate of drug-likeness (QED) is 0.219. The van der Waals surface area contributed by atoms with Gasteiger partial charge in [-0.3, -0.25) is 14.4 Å². The number of carbonyl (C=O) groups excluding carboxylic acids is 4. The highest BCUT2D eigenvalue weighted by Crippen LogP contribution is 2.35. The lowest BCUT2D eigenvalue weighted by molar-refractivity contribution is -0.136. The molecule has 0 amide bonds. The van der Waals surface area contributed by atoms with E-state index in [2.05, 4.69) is 0 Å². The Bertz CT molecular complexity index is 622. The van der Waals surface area contributed by atoms with E-state index < -0.39 is 12.0 Å². The van der Waals surface area contributed by atoms with Gasteiger partial charge in [0.05, 0.1) is 0 Å². The molecule has 1 saturated carbocycles. The van der Waals surface area contributed by atoms with Crippen molar-refractivity contribution in [3.63, 3.8) is 0 Å². The monoisotopic (exact) mass is 464 g/mol. The van der Waals surface area contributed by atoms with E-state index >= 15 is 0 Å². The van der Waals surface area contributed by atoms with Gasteiger partial charge in [0.25, 0.3) is 0 Å². The van der Waals surface area contributed by atoms with Gasteiger partial charge in [-0.1, -0.05) is 66.2 Å². The molecule has 5 nitrogen and oxygen atoms in total. The Balaban J connectivity index is 2.71. The summed E-state index contributed by atoms with van der Waals surface area (Å²) in [5.74, 6) is -0.623. The van der Waals surface area contributed by atoms with Crippen LogP contribution in [-0.2, 0) is 19.2 Å². The first kappa shape index (κ1) is 29.7. The van der Waals surface area contributed by atoms with Gasteiger partial charge in [-0.2, -0.15) is 0 Å². The molecule has 0 aliphatic heterocycles. The highest BCUT2D eigenvalue weighted by atomic mass is 16.3. The minimum Gasteiger partial charge on any atom is -0.385 e. The van der Waals surface area contributed by atoms with E-state index in [1.807, 2.05) is 20.8 Å². The number of carbonyl (C=O) groups is 4. The van der Waals surface area contributed by atoms with Crippen molar-refractivity contribution in [3.05, 3.63) is 0 Å². The van der Waals surface area contributed by atoms with Gasteiger partial charge >= 0.3 is 0 Å². The van der Waals surface area contributed by atoms with Gasteiger partial charge in [-0.15, -0.1) is 0 Å². The molecular formula is C28H48O5. The van der Waals surface area contributed by atoms with Crippen LogP contribution in [0.15, 0.2) is 0 Å². The second kappa shape index (κ2) is 15.5. The predicted octanol–water partition coefficient (Wildman–Crippen LogP) is 5.75. The summed E-state index contributed by atoms with van der Waals surface area (Å²) in [4.78, 5) is 49.0. The molecule has 5 heteroatoms. The van der Waals surface area contributed by atoms with E-state index in [1.165, 1.54) is 32.1 Å². The Morgan fingerprint density at radius 3 is 2.21 bits per heavy atom. The standard InChI is InChI=1S/C28H48O5/c1-6-12-24(15-10-11-16-29)28(33)27(32)19(2)17-26(31)21(4)20(3)25(22(5)30)18-23-13-8-7-9-14-23/h16,19-21,23-25,27,32H,6-15,17-18H2,1-5H3/t19-,20?,21+,24?,25?,27?/m1/s1. The molecule has 0 bridgehead atoms. The van der Waals surface area contributed by atoms with Crippen molar-refractivity contribution in [2.45, 2.75) is 118 Å². The second-order valence-electron chi connectivity index (χ2n) is 10.7. The van der Waals surface area contributed by atoms with E-state index in [1.54, 1.807) is 13.8 Å². The van der Waals surface area contributed by atoms with Crippen molar-refractivity contribution in [1.82, 2.24) is 0 Å². The third-order valence-electron chi connectivity index (χ3n) is 8.03. The predicted molar refractivity (Wildman–Crippen MR) is 132 cm³/mol. The molecule has 1 N–H and O–H groups in total. The van der Waals surface area contributed by atoms with Crippen LogP contribution in [0.1, 0.15) is 112 Å². The minimum atomic E-state index is -1.17. The van der Waals surface area contributed by atoms with Crippen molar-refractivity contribution >= 4 is 23.6 Å². The fraction of sp³-hybridized carbons (Fsp3) is 0.857. The van der Waals surface area contributed by atoms with Crippen LogP contribution in [0.3, 0.4) is 0 Å². The van der Waals surface area contributed by atoms with Gasteiger partial charge in [0.15, 0.2) is 5.78 Å². The molecule has 0 heterocycles. The maximum Gasteiger partial charge on any atom is 0.164 e. The highest BCUT2D eigenvalue weighted by molar-refractivity contribution is 5.87. The van der Waals surface area contributed by atoms with E-state index in [0.29, 0.717) is 31.6 Å². The van der Waals surface area contributed by atoms with Crippen LogP contribution >= 0.6 is 0 Å². The van der Waals surface area contributed by atoms with Crippen molar-refractivity contribution in [1.29, 1.82) is 0 Å². The minimum absolute atomic E-state index is 0.0183. The highest BCUT2D eigenvalue weighted by Gasteiger charge is 2.35. The summed E-state index contributed by atoms with van der Waals surface area (Å²) >= 11 is 0. The Morgan fingerprint density at radius 2 is 1.67 bits per heavy atom. The Kier molecular flexibility index (Phi) is 14.0. The topological polar surface area (TPSA) is 88.5 Å². The number of hydrogen-bond donors (Lipinski definition) is 1. The summed E-state index contributed by atoms with van der Waals surface area (Å²) in [6.45, 7) is 9.31. The zero-order valence-corrected chi connectivity index (χ0v) is 21.7. The normalized spacial score (nSPS) is 20.3. The Labute approximate surface area is 201 Å². The largest absolute Gasteiger partial charge is 0.385 e. The van der Waals surface area contributed by atoms with Crippen molar-refractivity contribution < 1.29 is 24.3 Å². The molecule has 0 aromatic rings. The zero-order chi connectivity index (χ0) is 25.0. The first-order valence-electron chi connectivity index (χ1n) is 13.3. The summed E-state index contributed by atoms with van der Waals surface area (Å²) in [5.41, 5.74) is 0. The van der Waals surface area contributed by atoms with Crippen LogP contribution in [0.4, 0.5) is 0 Å². The smallest absolute Gasteiger partial charge is 0.164 e. The fourth-order valence-electron chi connectivity index (χ4n) is 5.54. The summed E-state index contributed by atoms with van der Waals surface area (Å²) in [6.07, 6.45) is 9.96. The average Bonchev–Trinajstić information content (AvgIpc) is 2.80. The third kappa shape index (κ3) is 9.80. The van der Waals surface area contributed by atoms with Crippen molar-refractivity contribution in [2.75, 3.05) is 0 Å². The molecule has 0 aromatic carbocycles. The average molecular weight is 465 g/mol. The number of aliphatic hydroxyl groups is 1. The molecule has 0 spiro atoms. The number of ketones is 3. The fourth-order valence-corrected chi connectivity index (χ4v) is 5.54. The molecule has 1 aliphatic carbocycles. The number of unbranched alkanes of at least 4 members (excludes halogenated alkanes) is 1. The lowest BCUT2D eigenvalue weighted by Crippen LogP contribution is -2.37. The molecule has 0 radical (unpaired) electrons. The van der Waals surface area contributed by atoms with Crippen LogP contribution in [-0.4, -0.2) is 34.8 Å². The van der Waals surface area contributed by atoms with Gasteiger partial charge in [-0.05, 0) is 50.4 Å². The number of aliphatic hydroxyl groups excluding tert-OH is 1. The maximum atomic E-state index is 13.1. The SMILES string of the molecule is CCCC(CCCC=O)C(=O)C(O)[C@H](C)CC(=O)[C@@H](C)C(C)C(CC1CCCCC1)C(C)=O. The van der Waals surface area contributed by atoms with Crippen LogP contribution in [0, 0.1) is 35.5 Å². The van der Waals surface area contributed by atoms with Gasteiger partial charge in [0, 0.05) is 30.6 Å². The van der Waals surface area contributed by atoms with Gasteiger partial charge in [-0.25, -0.2) is 0 Å². The lowest BCUT2D eigenvalue weighted by atomic mass is 9.72. The maximum absolute atomic E-state index is 13.1. The molecule has 6 atom stereocenters. The number of Topliss-reactive ketones (excluding diaryl/α,β-unsaturated/α-hetero) is 3. The molecule has 1 aliphatic rings. The van der Waals surface area contributed by atoms with E-state index in [9.17, 15) is 24.3 Å². The first-order chi connectivity index (χ1) is 15.6. The molecular weight excluding hydrogens is 416 g/mol. The van der Waals surface area contributed by atoms with Crippen LogP contribution in [0.5, 0.6) is 0 Å². The Hall–Kier alpha value is -1.36. The van der Waals surface area contributed by atoms with E-state index in [0.717, 1.165) is 19.1 Å². The number of rotatable bonds is 17. The summed E-state index contributed by atoms with van der Waals surface area (Å²) in [7, 11) is 0. The van der Waals surface area contributed by atoms with E-state index in [4.69, 9.17) is 0 Å². The third-order valence-corrected chi connectivity index (χ3v) is 8.03. The Morgan fingerprint density at radius 1 is 1.03 bits per heavy atom. The second-order valence-corrected chi connectivity index (χ2v) is 10.7. The summed E-state index contributed by atoms with van der Waals surface area (Å²) in [5, 5.41) is 10.7. The molecule has 33 heavy (non-hydrogen) atoms. The number of hydrogen-bond acceptors (Lipinski definition) is 5. The van der Waals surface area contributed by atoms with Crippen LogP contribution < -0.4 is 0 Å². The van der Waals surface area contributed by atoms with Crippen LogP contribution in [0.25, 0.3) is 0 Å². The van der Waals surface area contributed by atoms with Crippen molar-refractivity contribution in [3.8, 4) is 0 Å². The molecule has 1 rings (SSSR count). The number of aldehydes is 1. The molecule has 0 aromatic heterocycles. The summed E-state index contributed by atoms with van der Waals surface area (Å²) in [6, 6.07) is 0. The first-order valence-corrected chi connectivity index (χ1v) is 13.3. The summed E-state index contributed by atoms with van der Waals surface area (Å²) < 4.78 is 0. The molecule has 1 fully saturated rings. The molecule has 190 valence electrons. The molecule has 4 unspecified atom stereocenters. The van der Waals surface area contributed by atoms with Crippen molar-refractivity contribution in [2.24, 2.45) is 35.5 Å². The zero-order valence-electron chi connectivity index (χ0n) is 21.7. The van der Waals surface area contributed by atoms with Gasteiger partial charge in [0.1, 0.15) is 24.0 Å². The van der Waals surface area contributed by atoms with Gasteiger partial charge < -0.3 is 9.90 Å². The molecule has 0 saturated heterocycles. The lowest BCUT2D eigenvalue weighted by Gasteiger charge is -2.32. The van der Waals surface area contributed by atoms with Gasteiger partial charge in [0.2, 0.25) is 0 Å². The van der Waals surface area contributed by atoms with E-state index in [-0.39, 0.29) is 47.4 Å².